The van der Waals surface area contributed by atoms with Gasteiger partial charge >= 0.3 is 0 Å². The van der Waals surface area contributed by atoms with Crippen LogP contribution in [-0.2, 0) is 9.47 Å². The fourth-order valence-corrected chi connectivity index (χ4v) is 6.34. The lowest BCUT2D eigenvalue weighted by Gasteiger charge is -2.22. The molecule has 0 fully saturated rings. The van der Waals surface area contributed by atoms with Crippen molar-refractivity contribution in [3.63, 3.8) is 0 Å². The maximum absolute atomic E-state index is 6.32. The van der Waals surface area contributed by atoms with Crippen molar-refractivity contribution in [1.82, 2.24) is 4.90 Å². The first-order valence-electron chi connectivity index (χ1n) is 20.4. The van der Waals surface area contributed by atoms with E-state index in [1.807, 2.05) is 0 Å². The number of nitrogens with zero attached hydrogens (tertiary/aromatic N) is 1. The maximum Gasteiger partial charge on any atom is 0.0934 e. The molecular weight excluding hydrogens is 562 g/mol. The van der Waals surface area contributed by atoms with Gasteiger partial charge in [-0.25, -0.2) is 0 Å². The van der Waals surface area contributed by atoms with E-state index < -0.39 is 0 Å². The summed E-state index contributed by atoms with van der Waals surface area (Å²) in [5.74, 6) is 3.38. The molecular formula is C43H85NO2. The van der Waals surface area contributed by atoms with Gasteiger partial charge in [0.05, 0.1) is 12.7 Å². The molecule has 0 N–H and O–H groups in total. The Bertz CT molecular complexity index is 657. The van der Waals surface area contributed by atoms with E-state index in [1.54, 1.807) is 0 Å². The standard InChI is InChI=1S/C43H85NO2/c1-9-10-11-12-13-14-15-16-17-18-19-20-21-22-23-24-35-45-38-43(37-44(7)8)46-36-34-42(6)33-27-32-41(5)31-26-30-40(4)29-25-28-39(2)3/h13-14,16-17,39-43H,9-12,15,18-38H2,1-8H3/b14-13-,17-16-. The van der Waals surface area contributed by atoms with Crippen molar-refractivity contribution in [1.29, 1.82) is 0 Å². The molecule has 274 valence electrons. The highest BCUT2D eigenvalue weighted by atomic mass is 16.5. The Hall–Kier alpha value is -0.640. The third-order valence-corrected chi connectivity index (χ3v) is 9.59. The maximum atomic E-state index is 6.32. The van der Waals surface area contributed by atoms with Crippen LogP contribution in [0.3, 0.4) is 0 Å². The van der Waals surface area contributed by atoms with E-state index in [0.29, 0.717) is 0 Å². The molecule has 0 aliphatic carbocycles. The zero-order valence-electron chi connectivity index (χ0n) is 32.8. The van der Waals surface area contributed by atoms with Crippen LogP contribution in [0.15, 0.2) is 24.3 Å². The Labute approximate surface area is 291 Å². The quantitative estimate of drug-likeness (QED) is 0.0504. The minimum atomic E-state index is 0.180. The number of hydrogen-bond acceptors (Lipinski definition) is 3. The number of unbranched alkanes of at least 4 members (excludes halogenated alkanes) is 9. The lowest BCUT2D eigenvalue weighted by Crippen LogP contribution is -2.33. The molecule has 4 atom stereocenters. The third-order valence-electron chi connectivity index (χ3n) is 9.59. The molecule has 0 heterocycles. The Morgan fingerprint density at radius 3 is 1.57 bits per heavy atom. The SMILES string of the molecule is CCCCC/C=C\C/C=C\CCCCCCCCOCC(CN(C)C)OCCC(C)CCCC(C)CCCC(C)CCCC(C)C. The summed E-state index contributed by atoms with van der Waals surface area (Å²) in [6.45, 7) is 17.7. The number of ether oxygens (including phenoxy) is 2. The van der Waals surface area contributed by atoms with Crippen LogP contribution in [0.5, 0.6) is 0 Å². The Morgan fingerprint density at radius 1 is 0.522 bits per heavy atom. The molecule has 0 aromatic rings. The van der Waals surface area contributed by atoms with Gasteiger partial charge in [-0.15, -0.1) is 0 Å². The minimum absolute atomic E-state index is 0.180. The molecule has 46 heavy (non-hydrogen) atoms. The second-order valence-corrected chi connectivity index (χ2v) is 15.7. The number of rotatable bonds is 35. The lowest BCUT2D eigenvalue weighted by molar-refractivity contribution is -0.0311. The average Bonchev–Trinajstić information content (AvgIpc) is 3.00. The van der Waals surface area contributed by atoms with Gasteiger partial charge in [0.2, 0.25) is 0 Å². The van der Waals surface area contributed by atoms with Gasteiger partial charge in [0, 0.05) is 19.8 Å². The number of hydrogen-bond donors (Lipinski definition) is 0. The summed E-state index contributed by atoms with van der Waals surface area (Å²) < 4.78 is 12.4. The molecule has 3 nitrogen and oxygen atoms in total. The normalized spacial score (nSPS) is 15.1. The largest absolute Gasteiger partial charge is 0.379 e. The summed E-state index contributed by atoms with van der Waals surface area (Å²) in [6, 6.07) is 0. The monoisotopic (exact) mass is 648 g/mol. The molecule has 0 aromatic carbocycles. The first kappa shape index (κ1) is 45.4. The third kappa shape index (κ3) is 34.7. The summed E-state index contributed by atoms with van der Waals surface area (Å²) in [5.41, 5.74) is 0. The van der Waals surface area contributed by atoms with Crippen LogP contribution in [0.25, 0.3) is 0 Å². The van der Waals surface area contributed by atoms with E-state index in [9.17, 15) is 0 Å². The number of likely N-dealkylation sites (N-methyl/N-ethyl adjacent to an activating group) is 1. The Morgan fingerprint density at radius 2 is 1.02 bits per heavy atom. The fraction of sp³-hybridized carbons (Fsp3) is 0.907. The van der Waals surface area contributed by atoms with Crippen LogP contribution in [0.1, 0.15) is 183 Å². The average molecular weight is 648 g/mol. The molecule has 0 saturated carbocycles. The second kappa shape index (κ2) is 34.2. The van der Waals surface area contributed by atoms with Crippen molar-refractivity contribution in [3.05, 3.63) is 24.3 Å². The highest BCUT2D eigenvalue weighted by Gasteiger charge is 2.13. The van der Waals surface area contributed by atoms with Crippen molar-refractivity contribution < 1.29 is 9.47 Å². The summed E-state index contributed by atoms with van der Waals surface area (Å²) >= 11 is 0. The molecule has 0 spiro atoms. The van der Waals surface area contributed by atoms with Gasteiger partial charge in [0.15, 0.2) is 0 Å². The first-order valence-corrected chi connectivity index (χ1v) is 20.4. The van der Waals surface area contributed by atoms with Gasteiger partial charge in [0.25, 0.3) is 0 Å². The van der Waals surface area contributed by atoms with Crippen molar-refractivity contribution in [3.8, 4) is 0 Å². The molecule has 0 bridgehead atoms. The van der Waals surface area contributed by atoms with Gasteiger partial charge in [-0.05, 0) is 82.7 Å². The highest BCUT2D eigenvalue weighted by Crippen LogP contribution is 2.23. The molecule has 0 aliphatic rings. The van der Waals surface area contributed by atoms with Crippen LogP contribution < -0.4 is 0 Å². The van der Waals surface area contributed by atoms with E-state index in [2.05, 4.69) is 84.8 Å². The van der Waals surface area contributed by atoms with E-state index in [0.717, 1.165) is 62.9 Å². The Kier molecular flexibility index (Phi) is 33.8. The predicted molar refractivity (Wildman–Crippen MR) is 207 cm³/mol. The van der Waals surface area contributed by atoms with Crippen molar-refractivity contribution in [2.24, 2.45) is 23.7 Å². The topological polar surface area (TPSA) is 21.7 Å². The zero-order valence-corrected chi connectivity index (χ0v) is 32.8. The van der Waals surface area contributed by atoms with Gasteiger partial charge in [-0.1, -0.05) is 162 Å². The summed E-state index contributed by atoms with van der Waals surface area (Å²) in [6.07, 6.45) is 38.7. The van der Waals surface area contributed by atoms with Gasteiger partial charge in [0.1, 0.15) is 0 Å². The summed E-state index contributed by atoms with van der Waals surface area (Å²) in [5, 5.41) is 0. The molecule has 3 heteroatoms. The van der Waals surface area contributed by atoms with Crippen LogP contribution in [0.4, 0.5) is 0 Å². The highest BCUT2D eigenvalue weighted by molar-refractivity contribution is 4.92. The Balaban J connectivity index is 3.78. The molecule has 0 rings (SSSR count). The van der Waals surface area contributed by atoms with E-state index >= 15 is 0 Å². The molecule has 4 unspecified atom stereocenters. The molecule has 0 saturated heterocycles. The van der Waals surface area contributed by atoms with Gasteiger partial charge < -0.3 is 14.4 Å². The summed E-state index contributed by atoms with van der Waals surface area (Å²) in [7, 11) is 4.27. The smallest absolute Gasteiger partial charge is 0.0934 e. The summed E-state index contributed by atoms with van der Waals surface area (Å²) in [4.78, 5) is 2.23. The predicted octanol–water partition coefficient (Wildman–Crippen LogP) is 13.2. The second-order valence-electron chi connectivity index (χ2n) is 15.7. The van der Waals surface area contributed by atoms with Crippen LogP contribution in [0.2, 0.25) is 0 Å². The van der Waals surface area contributed by atoms with Crippen LogP contribution in [0, 0.1) is 23.7 Å². The van der Waals surface area contributed by atoms with Crippen LogP contribution in [-0.4, -0.2) is 51.5 Å². The van der Waals surface area contributed by atoms with Crippen LogP contribution >= 0.6 is 0 Å². The van der Waals surface area contributed by atoms with Gasteiger partial charge in [-0.3, -0.25) is 0 Å². The minimum Gasteiger partial charge on any atom is -0.379 e. The zero-order chi connectivity index (χ0) is 34.1. The van der Waals surface area contributed by atoms with Gasteiger partial charge in [-0.2, -0.15) is 0 Å². The van der Waals surface area contributed by atoms with Crippen molar-refractivity contribution in [2.45, 2.75) is 189 Å². The first-order chi connectivity index (χ1) is 22.2. The van der Waals surface area contributed by atoms with Crippen molar-refractivity contribution in [2.75, 3.05) is 40.5 Å². The molecule has 0 radical (unpaired) electrons. The molecule has 0 aliphatic heterocycles. The fourth-order valence-electron chi connectivity index (χ4n) is 6.34. The molecule has 0 aromatic heterocycles. The van der Waals surface area contributed by atoms with E-state index in [1.165, 1.54) is 128 Å². The number of allylic oxidation sites excluding steroid dienone is 4. The van der Waals surface area contributed by atoms with Crippen molar-refractivity contribution >= 4 is 0 Å². The molecule has 0 amide bonds. The van der Waals surface area contributed by atoms with E-state index in [4.69, 9.17) is 9.47 Å². The van der Waals surface area contributed by atoms with E-state index in [-0.39, 0.29) is 6.10 Å². The lowest BCUT2D eigenvalue weighted by atomic mass is 9.91.